The van der Waals surface area contributed by atoms with Gasteiger partial charge in [-0.05, 0) is 19.1 Å². The third-order valence-electron chi connectivity index (χ3n) is 2.84. The Morgan fingerprint density at radius 2 is 1.85 bits per heavy atom. The molecule has 1 aromatic carbocycles. The molecule has 8 heteroatoms. The number of rotatable bonds is 4. The van der Waals surface area contributed by atoms with Gasteiger partial charge in [-0.1, -0.05) is 29.3 Å². The van der Waals surface area contributed by atoms with Gasteiger partial charge in [-0.2, -0.15) is 0 Å². The summed E-state index contributed by atoms with van der Waals surface area (Å²) < 4.78 is 29.9. The molecule has 1 heterocycles. The van der Waals surface area contributed by atoms with Gasteiger partial charge in [-0.15, -0.1) is 10.2 Å². The fraction of sp³-hybridized carbons (Fsp3) is 0.333. The van der Waals surface area contributed by atoms with E-state index < -0.39 is 15.1 Å². The third kappa shape index (κ3) is 3.13. The normalized spacial score (nSPS) is 13.4. The first-order valence-corrected chi connectivity index (χ1v) is 8.23. The standard InChI is InChI=1S/C12H12Cl2N2O3S/c1-7(12-16-15-8(2)19-12)20(17,18)6-9-10(13)4-3-5-11(9)14/h3-5,7H,6H2,1-2H3/t7-/m1/s1. The Labute approximate surface area is 126 Å². The zero-order valence-corrected chi connectivity index (χ0v) is 13.1. The van der Waals surface area contributed by atoms with Crippen LogP contribution in [0.2, 0.25) is 10.0 Å². The molecule has 0 fully saturated rings. The number of nitrogens with zero attached hydrogens (tertiary/aromatic N) is 2. The molecular formula is C12H12Cl2N2O3S. The Kier molecular flexibility index (Phi) is 4.36. The van der Waals surface area contributed by atoms with Crippen molar-refractivity contribution in [2.45, 2.75) is 24.9 Å². The van der Waals surface area contributed by atoms with Crippen LogP contribution in [0.1, 0.15) is 29.5 Å². The minimum absolute atomic E-state index is 0.0608. The summed E-state index contributed by atoms with van der Waals surface area (Å²) in [6.07, 6.45) is 0. The number of aryl methyl sites for hydroxylation is 1. The van der Waals surface area contributed by atoms with Crippen molar-refractivity contribution in [2.24, 2.45) is 0 Å². The van der Waals surface area contributed by atoms with Crippen LogP contribution >= 0.6 is 23.2 Å². The highest BCUT2D eigenvalue weighted by atomic mass is 35.5. The van der Waals surface area contributed by atoms with Gasteiger partial charge in [0.25, 0.3) is 0 Å². The van der Waals surface area contributed by atoms with Crippen molar-refractivity contribution in [3.05, 3.63) is 45.6 Å². The molecule has 0 N–H and O–H groups in total. The molecule has 0 amide bonds. The Balaban J connectivity index is 2.32. The molecule has 1 atom stereocenters. The number of hydrogen-bond donors (Lipinski definition) is 0. The van der Waals surface area contributed by atoms with Crippen LogP contribution in [0.25, 0.3) is 0 Å². The molecule has 5 nitrogen and oxygen atoms in total. The van der Waals surface area contributed by atoms with E-state index in [9.17, 15) is 8.42 Å². The maximum atomic E-state index is 12.4. The quantitative estimate of drug-likeness (QED) is 0.856. The largest absolute Gasteiger partial charge is 0.424 e. The van der Waals surface area contributed by atoms with Crippen LogP contribution in [-0.2, 0) is 15.6 Å². The van der Waals surface area contributed by atoms with Crippen LogP contribution in [0, 0.1) is 6.92 Å². The van der Waals surface area contributed by atoms with Crippen molar-refractivity contribution < 1.29 is 12.8 Å². The molecule has 2 rings (SSSR count). The molecule has 0 spiro atoms. The average Bonchev–Trinajstić information content (AvgIpc) is 2.80. The van der Waals surface area contributed by atoms with Crippen LogP contribution in [-0.4, -0.2) is 18.6 Å². The van der Waals surface area contributed by atoms with Crippen molar-refractivity contribution in [1.82, 2.24) is 10.2 Å². The lowest BCUT2D eigenvalue weighted by Crippen LogP contribution is -2.14. The molecule has 0 aliphatic carbocycles. The summed E-state index contributed by atoms with van der Waals surface area (Å²) in [5, 5.41) is 7.08. The molecular weight excluding hydrogens is 323 g/mol. The number of benzene rings is 1. The van der Waals surface area contributed by atoms with E-state index >= 15 is 0 Å². The summed E-state index contributed by atoms with van der Waals surface area (Å²) in [5.74, 6) is 0.0946. The summed E-state index contributed by atoms with van der Waals surface area (Å²) >= 11 is 12.0. The maximum Gasteiger partial charge on any atom is 0.234 e. The molecule has 2 aromatic rings. The zero-order valence-electron chi connectivity index (χ0n) is 10.8. The average molecular weight is 335 g/mol. The molecule has 20 heavy (non-hydrogen) atoms. The van der Waals surface area contributed by atoms with E-state index in [0.717, 1.165) is 0 Å². The summed E-state index contributed by atoms with van der Waals surface area (Å²) in [6.45, 7) is 3.09. The Morgan fingerprint density at radius 3 is 2.35 bits per heavy atom. The third-order valence-corrected chi connectivity index (χ3v) is 5.51. The highest BCUT2D eigenvalue weighted by Crippen LogP contribution is 2.30. The summed E-state index contributed by atoms with van der Waals surface area (Å²) in [4.78, 5) is 0. The molecule has 0 aliphatic rings. The van der Waals surface area contributed by atoms with Gasteiger partial charge < -0.3 is 4.42 Å². The molecule has 0 saturated heterocycles. The Bertz CT molecular complexity index is 708. The van der Waals surface area contributed by atoms with E-state index in [2.05, 4.69) is 10.2 Å². The summed E-state index contributed by atoms with van der Waals surface area (Å²) in [6, 6.07) is 4.85. The maximum absolute atomic E-state index is 12.4. The minimum Gasteiger partial charge on any atom is -0.424 e. The molecule has 0 saturated carbocycles. The van der Waals surface area contributed by atoms with Gasteiger partial charge in [0.05, 0.1) is 5.75 Å². The van der Waals surface area contributed by atoms with Crippen molar-refractivity contribution in [3.63, 3.8) is 0 Å². The monoisotopic (exact) mass is 334 g/mol. The predicted octanol–water partition coefficient (Wildman–Crippen LogP) is 3.36. The Hall–Kier alpha value is -1.11. The van der Waals surface area contributed by atoms with Gasteiger partial charge >= 0.3 is 0 Å². The molecule has 0 aliphatic heterocycles. The van der Waals surface area contributed by atoms with E-state index in [1.54, 1.807) is 25.1 Å². The zero-order chi connectivity index (χ0) is 14.9. The highest BCUT2D eigenvalue weighted by molar-refractivity contribution is 7.90. The van der Waals surface area contributed by atoms with Crippen LogP contribution in [0.3, 0.4) is 0 Å². The first kappa shape index (κ1) is 15.3. The molecule has 0 radical (unpaired) electrons. The van der Waals surface area contributed by atoms with Crippen molar-refractivity contribution >= 4 is 33.0 Å². The summed E-state index contributed by atoms with van der Waals surface area (Å²) in [7, 11) is -3.56. The lowest BCUT2D eigenvalue weighted by atomic mass is 10.2. The van der Waals surface area contributed by atoms with Crippen LogP contribution < -0.4 is 0 Å². The lowest BCUT2D eigenvalue weighted by molar-refractivity contribution is 0.461. The van der Waals surface area contributed by atoms with E-state index in [4.69, 9.17) is 27.6 Å². The van der Waals surface area contributed by atoms with Gasteiger partial charge in [-0.25, -0.2) is 8.42 Å². The van der Waals surface area contributed by atoms with E-state index in [1.165, 1.54) is 6.92 Å². The van der Waals surface area contributed by atoms with E-state index in [0.29, 0.717) is 21.5 Å². The SMILES string of the molecule is Cc1nnc([C@@H](C)S(=O)(=O)Cc2c(Cl)cccc2Cl)o1. The van der Waals surface area contributed by atoms with Gasteiger partial charge in [-0.3, -0.25) is 0 Å². The van der Waals surface area contributed by atoms with Gasteiger partial charge in [0.15, 0.2) is 9.84 Å². The highest BCUT2D eigenvalue weighted by Gasteiger charge is 2.29. The number of hydrogen-bond acceptors (Lipinski definition) is 5. The van der Waals surface area contributed by atoms with Crippen molar-refractivity contribution in [3.8, 4) is 0 Å². The second kappa shape index (κ2) is 5.71. The summed E-state index contributed by atoms with van der Waals surface area (Å²) in [5.41, 5.74) is 0.374. The van der Waals surface area contributed by atoms with Gasteiger partial charge in [0, 0.05) is 22.5 Å². The molecule has 108 valence electrons. The second-order valence-electron chi connectivity index (χ2n) is 4.31. The van der Waals surface area contributed by atoms with Crippen LogP contribution in [0.4, 0.5) is 0 Å². The fourth-order valence-corrected chi connectivity index (χ4v) is 3.68. The van der Waals surface area contributed by atoms with Crippen LogP contribution in [0.5, 0.6) is 0 Å². The second-order valence-corrected chi connectivity index (χ2v) is 7.44. The van der Waals surface area contributed by atoms with Gasteiger partial charge in [0.2, 0.25) is 11.8 Å². The minimum atomic E-state index is -3.56. The van der Waals surface area contributed by atoms with Crippen molar-refractivity contribution in [1.29, 1.82) is 0 Å². The van der Waals surface area contributed by atoms with E-state index in [-0.39, 0.29) is 11.6 Å². The van der Waals surface area contributed by atoms with Crippen molar-refractivity contribution in [2.75, 3.05) is 0 Å². The first-order chi connectivity index (χ1) is 9.31. The number of halogens is 2. The van der Waals surface area contributed by atoms with E-state index in [1.807, 2.05) is 0 Å². The first-order valence-electron chi connectivity index (χ1n) is 5.75. The molecule has 1 aromatic heterocycles. The Morgan fingerprint density at radius 1 is 1.25 bits per heavy atom. The fourth-order valence-electron chi connectivity index (χ4n) is 1.63. The van der Waals surface area contributed by atoms with Crippen LogP contribution in [0.15, 0.2) is 22.6 Å². The smallest absolute Gasteiger partial charge is 0.234 e. The van der Waals surface area contributed by atoms with Gasteiger partial charge in [0.1, 0.15) is 5.25 Å². The molecule has 0 bridgehead atoms. The lowest BCUT2D eigenvalue weighted by Gasteiger charge is -2.11. The molecule has 0 unspecified atom stereocenters. The number of sulfone groups is 1. The predicted molar refractivity (Wildman–Crippen MR) is 76.5 cm³/mol. The number of aromatic nitrogens is 2. The topological polar surface area (TPSA) is 73.1 Å².